The highest BCUT2D eigenvalue weighted by Crippen LogP contribution is 1.98. The van der Waals surface area contributed by atoms with Gasteiger partial charge in [0.15, 0.2) is 0 Å². The van der Waals surface area contributed by atoms with Crippen LogP contribution in [0.25, 0.3) is 0 Å². The number of H-pyrrole nitrogens is 1. The van der Waals surface area contributed by atoms with Crippen molar-refractivity contribution in [1.29, 1.82) is 0 Å². The summed E-state index contributed by atoms with van der Waals surface area (Å²) in [6, 6.07) is 0. The molecule has 7 nitrogen and oxygen atoms in total. The summed E-state index contributed by atoms with van der Waals surface area (Å²) in [5.41, 5.74) is 0. The fraction of sp³-hybridized carbons (Fsp3) is 0.500. The van der Waals surface area contributed by atoms with Crippen molar-refractivity contribution >= 4 is 11.8 Å². The number of carbonyl (C=O) groups excluding carboxylic acids is 2. The Hall–Kier alpha value is -1.89. The lowest BCUT2D eigenvalue weighted by atomic mass is 10.4. The summed E-state index contributed by atoms with van der Waals surface area (Å²) in [6.45, 7) is 1.63. The van der Waals surface area contributed by atoms with Gasteiger partial charge in [0.1, 0.15) is 5.82 Å². The Kier molecular flexibility index (Phi) is 5.15. The normalized spacial score (nSPS) is 10.0. The quantitative estimate of drug-likeness (QED) is 0.585. The van der Waals surface area contributed by atoms with Gasteiger partial charge in [0.05, 0.1) is 19.7 Å². The van der Waals surface area contributed by atoms with Gasteiger partial charge in [-0.1, -0.05) is 0 Å². The number of aromatic amines is 1. The highest BCUT2D eigenvalue weighted by molar-refractivity contribution is 5.83. The molecule has 0 aliphatic heterocycles. The SMILES string of the molecule is CC(=O)NCC(=O)N(CCO)Cc1ncc[nH]1. The second kappa shape index (κ2) is 6.64. The Balaban J connectivity index is 2.52. The minimum absolute atomic E-state index is 0.0734. The number of hydrogen-bond acceptors (Lipinski definition) is 4. The molecule has 0 saturated heterocycles. The fourth-order valence-electron chi connectivity index (χ4n) is 1.29. The summed E-state index contributed by atoms with van der Waals surface area (Å²) in [6.07, 6.45) is 3.25. The average Bonchev–Trinajstić information content (AvgIpc) is 2.78. The molecule has 0 fully saturated rings. The van der Waals surface area contributed by atoms with Gasteiger partial charge in [0.25, 0.3) is 0 Å². The summed E-state index contributed by atoms with van der Waals surface area (Å²) in [5.74, 6) is 0.112. The summed E-state index contributed by atoms with van der Waals surface area (Å²) in [4.78, 5) is 30.7. The van der Waals surface area contributed by atoms with E-state index in [2.05, 4.69) is 15.3 Å². The van der Waals surface area contributed by atoms with Gasteiger partial charge in [0.2, 0.25) is 11.8 Å². The molecule has 1 rings (SSSR count). The highest BCUT2D eigenvalue weighted by atomic mass is 16.3. The summed E-state index contributed by atoms with van der Waals surface area (Å²) in [7, 11) is 0. The number of aromatic nitrogens is 2. The first-order chi connectivity index (χ1) is 8.13. The Bertz CT molecular complexity index is 364. The maximum absolute atomic E-state index is 11.7. The second-order valence-electron chi connectivity index (χ2n) is 3.48. The summed E-state index contributed by atoms with van der Waals surface area (Å²) < 4.78 is 0. The topological polar surface area (TPSA) is 98.3 Å². The third-order valence-corrected chi connectivity index (χ3v) is 2.11. The Labute approximate surface area is 98.8 Å². The van der Waals surface area contributed by atoms with Gasteiger partial charge in [0, 0.05) is 25.9 Å². The van der Waals surface area contributed by atoms with Gasteiger partial charge in [-0.25, -0.2) is 4.98 Å². The molecular weight excluding hydrogens is 224 g/mol. The van der Waals surface area contributed by atoms with E-state index < -0.39 is 0 Å². The van der Waals surface area contributed by atoms with Gasteiger partial charge in [-0.3, -0.25) is 9.59 Å². The number of imidazole rings is 1. The van der Waals surface area contributed by atoms with Crippen LogP contribution >= 0.6 is 0 Å². The van der Waals surface area contributed by atoms with E-state index in [1.165, 1.54) is 11.8 Å². The number of aliphatic hydroxyl groups is 1. The number of carbonyl (C=O) groups is 2. The molecule has 0 bridgehead atoms. The Morgan fingerprint density at radius 3 is 2.88 bits per heavy atom. The fourth-order valence-corrected chi connectivity index (χ4v) is 1.29. The van der Waals surface area contributed by atoms with Crippen molar-refractivity contribution in [3.63, 3.8) is 0 Å². The molecule has 0 aliphatic rings. The summed E-state index contributed by atoms with van der Waals surface area (Å²) >= 11 is 0. The van der Waals surface area contributed by atoms with E-state index in [1.54, 1.807) is 12.4 Å². The monoisotopic (exact) mass is 240 g/mol. The van der Waals surface area contributed by atoms with Crippen molar-refractivity contribution in [2.75, 3.05) is 19.7 Å². The van der Waals surface area contributed by atoms with Gasteiger partial charge in [-0.05, 0) is 0 Å². The Morgan fingerprint density at radius 2 is 2.35 bits per heavy atom. The summed E-state index contributed by atoms with van der Waals surface area (Å²) in [5, 5.41) is 11.3. The van der Waals surface area contributed by atoms with E-state index in [-0.39, 0.29) is 38.1 Å². The van der Waals surface area contributed by atoms with Crippen LogP contribution in [0.5, 0.6) is 0 Å². The number of rotatable bonds is 6. The molecule has 0 aromatic carbocycles. The predicted molar refractivity (Wildman–Crippen MR) is 59.8 cm³/mol. The molecule has 0 atom stereocenters. The van der Waals surface area contributed by atoms with E-state index in [0.717, 1.165) is 0 Å². The molecule has 3 N–H and O–H groups in total. The molecule has 0 unspecified atom stereocenters. The average molecular weight is 240 g/mol. The molecule has 17 heavy (non-hydrogen) atoms. The lowest BCUT2D eigenvalue weighted by molar-refractivity contribution is -0.133. The van der Waals surface area contributed by atoms with Crippen LogP contribution < -0.4 is 5.32 Å². The van der Waals surface area contributed by atoms with Crippen molar-refractivity contribution in [1.82, 2.24) is 20.2 Å². The number of hydrogen-bond donors (Lipinski definition) is 3. The molecule has 0 radical (unpaired) electrons. The van der Waals surface area contributed by atoms with Crippen molar-refractivity contribution in [2.45, 2.75) is 13.5 Å². The third-order valence-electron chi connectivity index (χ3n) is 2.11. The molecule has 2 amide bonds. The molecule has 7 heteroatoms. The predicted octanol–water partition coefficient (Wildman–Crippen LogP) is -1.13. The third kappa shape index (κ3) is 4.64. The molecule has 0 spiro atoms. The smallest absolute Gasteiger partial charge is 0.242 e. The van der Waals surface area contributed by atoms with E-state index >= 15 is 0 Å². The maximum Gasteiger partial charge on any atom is 0.242 e. The van der Waals surface area contributed by atoms with E-state index in [1.807, 2.05) is 0 Å². The van der Waals surface area contributed by atoms with E-state index in [0.29, 0.717) is 5.82 Å². The molecular formula is C10H16N4O3. The van der Waals surface area contributed by atoms with Gasteiger partial charge in [-0.2, -0.15) is 0 Å². The number of amides is 2. The van der Waals surface area contributed by atoms with Crippen molar-refractivity contribution in [3.05, 3.63) is 18.2 Å². The van der Waals surface area contributed by atoms with Crippen LogP contribution in [0.3, 0.4) is 0 Å². The van der Waals surface area contributed by atoms with Crippen molar-refractivity contribution in [3.8, 4) is 0 Å². The highest BCUT2D eigenvalue weighted by Gasteiger charge is 2.14. The molecule has 0 aliphatic carbocycles. The van der Waals surface area contributed by atoms with Crippen molar-refractivity contribution < 1.29 is 14.7 Å². The van der Waals surface area contributed by atoms with Crippen molar-refractivity contribution in [2.24, 2.45) is 0 Å². The van der Waals surface area contributed by atoms with Crippen LogP contribution in [0.15, 0.2) is 12.4 Å². The molecule has 1 aromatic rings. The first-order valence-corrected chi connectivity index (χ1v) is 5.25. The largest absolute Gasteiger partial charge is 0.395 e. The zero-order valence-electron chi connectivity index (χ0n) is 9.64. The number of nitrogens with one attached hydrogen (secondary N) is 2. The van der Waals surface area contributed by atoms with Gasteiger partial charge in [-0.15, -0.1) is 0 Å². The minimum atomic E-state index is -0.264. The number of nitrogens with zero attached hydrogens (tertiary/aromatic N) is 2. The molecule has 0 saturated carbocycles. The first-order valence-electron chi connectivity index (χ1n) is 5.25. The first kappa shape index (κ1) is 13.2. The second-order valence-corrected chi connectivity index (χ2v) is 3.48. The van der Waals surface area contributed by atoms with Crippen LogP contribution in [0.2, 0.25) is 0 Å². The lowest BCUT2D eigenvalue weighted by Crippen LogP contribution is -2.40. The van der Waals surface area contributed by atoms with Crippen LogP contribution in [-0.4, -0.2) is 51.5 Å². The van der Waals surface area contributed by atoms with Crippen LogP contribution in [0.4, 0.5) is 0 Å². The molecule has 1 aromatic heterocycles. The lowest BCUT2D eigenvalue weighted by Gasteiger charge is -2.20. The standard InChI is InChI=1S/C10H16N4O3/c1-8(16)13-6-10(17)14(4-5-15)7-9-11-2-3-12-9/h2-3,15H,4-7H2,1H3,(H,11,12)(H,13,16). The van der Waals surface area contributed by atoms with Crippen LogP contribution in [-0.2, 0) is 16.1 Å². The minimum Gasteiger partial charge on any atom is -0.395 e. The molecule has 94 valence electrons. The zero-order chi connectivity index (χ0) is 12.7. The zero-order valence-corrected chi connectivity index (χ0v) is 9.64. The Morgan fingerprint density at radius 1 is 1.59 bits per heavy atom. The maximum atomic E-state index is 11.7. The van der Waals surface area contributed by atoms with Crippen LogP contribution in [0, 0.1) is 0 Å². The van der Waals surface area contributed by atoms with Crippen LogP contribution in [0.1, 0.15) is 12.7 Å². The van der Waals surface area contributed by atoms with E-state index in [4.69, 9.17) is 5.11 Å². The van der Waals surface area contributed by atoms with Gasteiger partial charge < -0.3 is 20.3 Å². The molecule has 1 heterocycles. The van der Waals surface area contributed by atoms with Gasteiger partial charge >= 0.3 is 0 Å². The van der Waals surface area contributed by atoms with E-state index in [9.17, 15) is 9.59 Å². The number of aliphatic hydroxyl groups excluding tert-OH is 1.